The minimum Gasteiger partial charge on any atom is -0.392 e. The van der Waals surface area contributed by atoms with Crippen molar-refractivity contribution >= 4 is 11.3 Å². The molecule has 0 aliphatic carbocycles. The topological polar surface area (TPSA) is 54.4 Å². The molecule has 0 aliphatic heterocycles. The van der Waals surface area contributed by atoms with Crippen LogP contribution in [-0.4, -0.2) is 29.8 Å². The number of nitrogens with zero attached hydrogens (tertiary/aromatic N) is 1. The Hall–Kier alpha value is -0.490. The molecule has 0 saturated carbocycles. The summed E-state index contributed by atoms with van der Waals surface area (Å²) in [5, 5.41) is 15.7. The normalized spacial score (nSPS) is 12.9. The molecule has 1 atom stereocenters. The van der Waals surface area contributed by atoms with Crippen molar-refractivity contribution in [2.75, 3.05) is 13.7 Å². The van der Waals surface area contributed by atoms with Gasteiger partial charge in [0.25, 0.3) is 0 Å². The van der Waals surface area contributed by atoms with Crippen LogP contribution in [0.3, 0.4) is 0 Å². The van der Waals surface area contributed by atoms with E-state index in [0.717, 1.165) is 23.5 Å². The van der Waals surface area contributed by atoms with Gasteiger partial charge in [0, 0.05) is 25.6 Å². The number of nitrogens with one attached hydrogen (secondary N) is 1. The molecular formula is C11H20N2O2S. The molecule has 0 saturated heterocycles. The van der Waals surface area contributed by atoms with Gasteiger partial charge >= 0.3 is 0 Å². The van der Waals surface area contributed by atoms with Crippen LogP contribution in [0.25, 0.3) is 0 Å². The maximum Gasteiger partial charge on any atom is 0.119 e. The van der Waals surface area contributed by atoms with E-state index in [4.69, 9.17) is 4.74 Å². The number of thiazole rings is 1. The van der Waals surface area contributed by atoms with Crippen molar-refractivity contribution < 1.29 is 9.84 Å². The van der Waals surface area contributed by atoms with Gasteiger partial charge in [0.05, 0.1) is 18.4 Å². The van der Waals surface area contributed by atoms with E-state index in [9.17, 15) is 5.11 Å². The first-order chi connectivity index (χ1) is 7.76. The fourth-order valence-corrected chi connectivity index (χ4v) is 2.19. The van der Waals surface area contributed by atoms with E-state index in [1.54, 1.807) is 18.4 Å². The fourth-order valence-electron chi connectivity index (χ4n) is 1.42. The predicted molar refractivity (Wildman–Crippen MR) is 65.4 cm³/mol. The maximum atomic E-state index is 9.52. The second kappa shape index (κ2) is 7.73. The number of hydrogen-bond donors (Lipinski definition) is 2. The fraction of sp³-hybridized carbons (Fsp3) is 0.727. The summed E-state index contributed by atoms with van der Waals surface area (Å²) >= 11 is 1.60. The molecule has 0 spiro atoms. The lowest BCUT2D eigenvalue weighted by atomic mass is 10.2. The van der Waals surface area contributed by atoms with Crippen LogP contribution in [0, 0.1) is 0 Å². The quantitative estimate of drug-likeness (QED) is 0.728. The molecule has 1 aromatic heterocycles. The molecule has 0 bridgehead atoms. The molecule has 16 heavy (non-hydrogen) atoms. The smallest absolute Gasteiger partial charge is 0.119 e. The SMILES string of the molecule is CCCC(O)CNCc1csc(COC)n1. The Morgan fingerprint density at radius 3 is 3.12 bits per heavy atom. The van der Waals surface area contributed by atoms with Crippen LogP contribution >= 0.6 is 11.3 Å². The summed E-state index contributed by atoms with van der Waals surface area (Å²) in [6.45, 7) is 3.98. The van der Waals surface area contributed by atoms with Gasteiger partial charge in [-0.1, -0.05) is 13.3 Å². The molecule has 1 rings (SSSR count). The monoisotopic (exact) mass is 244 g/mol. The average Bonchev–Trinajstić information content (AvgIpc) is 2.67. The van der Waals surface area contributed by atoms with Crippen molar-refractivity contribution in [3.63, 3.8) is 0 Å². The lowest BCUT2D eigenvalue weighted by Gasteiger charge is -2.09. The third-order valence-electron chi connectivity index (χ3n) is 2.18. The van der Waals surface area contributed by atoms with Gasteiger partial charge in [0.1, 0.15) is 5.01 Å². The molecule has 4 nitrogen and oxygen atoms in total. The zero-order valence-corrected chi connectivity index (χ0v) is 10.7. The second-order valence-corrected chi connectivity index (χ2v) is 4.68. The Labute approximate surface area is 101 Å². The number of ether oxygens (including phenoxy) is 1. The Balaban J connectivity index is 2.21. The molecule has 1 unspecified atom stereocenters. The van der Waals surface area contributed by atoms with Crippen LogP contribution < -0.4 is 5.32 Å². The largest absolute Gasteiger partial charge is 0.392 e. The highest BCUT2D eigenvalue weighted by atomic mass is 32.1. The average molecular weight is 244 g/mol. The van der Waals surface area contributed by atoms with Gasteiger partial charge in [-0.15, -0.1) is 11.3 Å². The first-order valence-electron chi connectivity index (χ1n) is 5.57. The summed E-state index contributed by atoms with van der Waals surface area (Å²) < 4.78 is 5.00. The minimum atomic E-state index is -0.248. The van der Waals surface area contributed by atoms with Crippen LogP contribution in [0.4, 0.5) is 0 Å². The molecule has 0 fully saturated rings. The summed E-state index contributed by atoms with van der Waals surface area (Å²) in [7, 11) is 1.67. The molecule has 5 heteroatoms. The molecule has 1 heterocycles. The zero-order valence-electron chi connectivity index (χ0n) is 9.90. The maximum absolute atomic E-state index is 9.52. The molecule has 0 radical (unpaired) electrons. The van der Waals surface area contributed by atoms with E-state index >= 15 is 0 Å². The highest BCUT2D eigenvalue weighted by Crippen LogP contribution is 2.10. The Kier molecular flexibility index (Phi) is 6.56. The number of rotatable bonds is 8. The van der Waals surface area contributed by atoms with Crippen LogP contribution in [0.5, 0.6) is 0 Å². The molecule has 0 aliphatic rings. The van der Waals surface area contributed by atoms with Gasteiger partial charge in [0.15, 0.2) is 0 Å². The van der Waals surface area contributed by atoms with E-state index in [-0.39, 0.29) is 6.10 Å². The summed E-state index contributed by atoms with van der Waals surface area (Å²) in [6, 6.07) is 0. The van der Waals surface area contributed by atoms with Crippen molar-refractivity contribution in [2.45, 2.75) is 39.0 Å². The van der Waals surface area contributed by atoms with Crippen molar-refractivity contribution in [3.05, 3.63) is 16.1 Å². The lowest BCUT2D eigenvalue weighted by molar-refractivity contribution is 0.160. The molecule has 1 aromatic rings. The highest BCUT2D eigenvalue weighted by molar-refractivity contribution is 7.09. The lowest BCUT2D eigenvalue weighted by Crippen LogP contribution is -2.26. The van der Waals surface area contributed by atoms with Gasteiger partial charge in [0.2, 0.25) is 0 Å². The van der Waals surface area contributed by atoms with E-state index in [2.05, 4.69) is 17.2 Å². The number of methoxy groups -OCH3 is 1. The van der Waals surface area contributed by atoms with Gasteiger partial charge in [-0.25, -0.2) is 4.98 Å². The van der Waals surface area contributed by atoms with Crippen molar-refractivity contribution in [3.8, 4) is 0 Å². The number of aliphatic hydroxyl groups excluding tert-OH is 1. The summed E-state index contributed by atoms with van der Waals surface area (Å²) in [5.74, 6) is 0. The van der Waals surface area contributed by atoms with Gasteiger partial charge < -0.3 is 15.2 Å². The van der Waals surface area contributed by atoms with E-state index in [1.165, 1.54) is 0 Å². The van der Waals surface area contributed by atoms with Crippen LogP contribution in [0.1, 0.15) is 30.5 Å². The van der Waals surface area contributed by atoms with E-state index in [1.807, 2.05) is 5.38 Å². The van der Waals surface area contributed by atoms with Crippen LogP contribution in [-0.2, 0) is 17.9 Å². The first-order valence-corrected chi connectivity index (χ1v) is 6.45. The van der Waals surface area contributed by atoms with Crippen LogP contribution in [0.2, 0.25) is 0 Å². The van der Waals surface area contributed by atoms with Crippen molar-refractivity contribution in [2.24, 2.45) is 0 Å². The summed E-state index contributed by atoms with van der Waals surface area (Å²) in [5.41, 5.74) is 1.01. The molecule has 92 valence electrons. The van der Waals surface area contributed by atoms with Gasteiger partial charge in [-0.05, 0) is 6.42 Å². The Morgan fingerprint density at radius 1 is 1.62 bits per heavy atom. The first kappa shape index (κ1) is 13.6. The summed E-state index contributed by atoms with van der Waals surface area (Å²) in [6.07, 6.45) is 1.61. The number of hydrogen-bond acceptors (Lipinski definition) is 5. The van der Waals surface area contributed by atoms with Gasteiger partial charge in [-0.3, -0.25) is 0 Å². The van der Waals surface area contributed by atoms with E-state index in [0.29, 0.717) is 19.7 Å². The molecule has 2 N–H and O–H groups in total. The van der Waals surface area contributed by atoms with E-state index < -0.39 is 0 Å². The van der Waals surface area contributed by atoms with Gasteiger partial charge in [-0.2, -0.15) is 0 Å². The number of aromatic nitrogens is 1. The third-order valence-corrected chi connectivity index (χ3v) is 3.05. The van der Waals surface area contributed by atoms with Crippen molar-refractivity contribution in [1.29, 1.82) is 0 Å². The Morgan fingerprint density at radius 2 is 2.44 bits per heavy atom. The molecule has 0 amide bonds. The highest BCUT2D eigenvalue weighted by Gasteiger charge is 2.04. The van der Waals surface area contributed by atoms with Crippen molar-refractivity contribution in [1.82, 2.24) is 10.3 Å². The van der Waals surface area contributed by atoms with Crippen LogP contribution in [0.15, 0.2) is 5.38 Å². The standard InChI is InChI=1S/C11H20N2O2S/c1-3-4-10(14)6-12-5-9-8-16-11(13-9)7-15-2/h8,10,12,14H,3-7H2,1-2H3. The number of aliphatic hydroxyl groups is 1. The Bertz CT molecular complexity index is 291. The predicted octanol–water partition coefficient (Wildman–Crippen LogP) is 1.54. The second-order valence-electron chi connectivity index (χ2n) is 3.74. The minimum absolute atomic E-state index is 0.248. The zero-order chi connectivity index (χ0) is 11.8. The molecular weight excluding hydrogens is 224 g/mol. The molecule has 0 aromatic carbocycles. The summed E-state index contributed by atoms with van der Waals surface area (Å²) in [4.78, 5) is 4.39. The third kappa shape index (κ3) is 5.03.